The van der Waals surface area contributed by atoms with Crippen LogP contribution >= 0.6 is 12.2 Å². The summed E-state index contributed by atoms with van der Waals surface area (Å²) in [6, 6.07) is 14.6. The van der Waals surface area contributed by atoms with Crippen molar-refractivity contribution >= 4 is 28.9 Å². The van der Waals surface area contributed by atoms with Crippen molar-refractivity contribution in [2.24, 2.45) is 0 Å². The fourth-order valence-electron chi connectivity index (χ4n) is 2.26. The largest absolute Gasteiger partial charge is 0.493 e. The molecule has 1 amide bonds. The van der Waals surface area contributed by atoms with Crippen LogP contribution in [0.5, 0.6) is 11.5 Å². The van der Waals surface area contributed by atoms with Gasteiger partial charge in [0.25, 0.3) is 5.91 Å². The second kappa shape index (κ2) is 10.5. The maximum absolute atomic E-state index is 12.5. The molecule has 1 unspecified atom stereocenters. The van der Waals surface area contributed by atoms with Crippen LogP contribution in [0.1, 0.15) is 44.0 Å². The van der Waals surface area contributed by atoms with Crippen LogP contribution in [-0.4, -0.2) is 23.7 Å². The molecule has 0 radical (unpaired) electrons. The number of carbonyl (C=O) groups excluding carboxylic acids is 1. The van der Waals surface area contributed by atoms with Gasteiger partial charge in [-0.05, 0) is 68.4 Å². The van der Waals surface area contributed by atoms with Gasteiger partial charge in [-0.3, -0.25) is 10.1 Å². The van der Waals surface area contributed by atoms with Gasteiger partial charge in [0.15, 0.2) is 5.11 Å². The van der Waals surface area contributed by atoms with Crippen LogP contribution in [0.15, 0.2) is 48.5 Å². The molecule has 27 heavy (non-hydrogen) atoms. The first kappa shape index (κ1) is 20.7. The molecule has 0 aliphatic rings. The highest BCUT2D eigenvalue weighted by molar-refractivity contribution is 7.80. The first-order valence-electron chi connectivity index (χ1n) is 9.14. The molecule has 0 spiro atoms. The molecule has 0 aliphatic carbocycles. The summed E-state index contributed by atoms with van der Waals surface area (Å²) in [7, 11) is 0. The Morgan fingerprint density at radius 3 is 2.48 bits per heavy atom. The molecule has 0 saturated heterocycles. The fourth-order valence-corrected chi connectivity index (χ4v) is 2.47. The average molecular weight is 387 g/mol. The van der Waals surface area contributed by atoms with Gasteiger partial charge in [0.2, 0.25) is 0 Å². The van der Waals surface area contributed by atoms with E-state index in [0.717, 1.165) is 24.3 Å². The zero-order valence-corrected chi connectivity index (χ0v) is 16.8. The van der Waals surface area contributed by atoms with Gasteiger partial charge < -0.3 is 14.8 Å². The molecule has 0 aromatic heterocycles. The number of hydrogen-bond donors (Lipinski definition) is 2. The van der Waals surface area contributed by atoms with E-state index in [2.05, 4.69) is 17.6 Å². The van der Waals surface area contributed by atoms with E-state index in [0.29, 0.717) is 17.9 Å². The van der Waals surface area contributed by atoms with Crippen LogP contribution in [0.2, 0.25) is 0 Å². The molecule has 6 heteroatoms. The number of ether oxygens (including phenoxy) is 2. The molecule has 2 aromatic carbocycles. The molecule has 2 N–H and O–H groups in total. The minimum atomic E-state index is -0.309. The second-order valence-corrected chi connectivity index (χ2v) is 6.52. The Bertz CT molecular complexity index is 762. The van der Waals surface area contributed by atoms with E-state index in [1.54, 1.807) is 18.2 Å². The molecule has 5 nitrogen and oxygen atoms in total. The van der Waals surface area contributed by atoms with Crippen molar-refractivity contribution in [2.75, 3.05) is 11.9 Å². The Morgan fingerprint density at radius 2 is 1.81 bits per heavy atom. The van der Waals surface area contributed by atoms with Crippen molar-refractivity contribution in [1.29, 1.82) is 0 Å². The van der Waals surface area contributed by atoms with Crippen LogP contribution < -0.4 is 20.1 Å². The lowest BCUT2D eigenvalue weighted by atomic mass is 10.2. The van der Waals surface area contributed by atoms with E-state index in [1.165, 1.54) is 0 Å². The second-order valence-electron chi connectivity index (χ2n) is 6.11. The number of benzene rings is 2. The summed E-state index contributed by atoms with van der Waals surface area (Å²) in [6.07, 6.45) is 1.98. The zero-order chi connectivity index (χ0) is 19.6. The van der Waals surface area contributed by atoms with Crippen LogP contribution in [0.3, 0.4) is 0 Å². The number of amides is 1. The summed E-state index contributed by atoms with van der Waals surface area (Å²) in [4.78, 5) is 12.5. The Labute approximate surface area is 166 Å². The summed E-state index contributed by atoms with van der Waals surface area (Å²) in [5, 5.41) is 5.91. The lowest BCUT2D eigenvalue weighted by Gasteiger charge is -2.14. The number of nitrogens with one attached hydrogen (secondary N) is 2. The Kier molecular flexibility index (Phi) is 8.07. The quantitative estimate of drug-likeness (QED) is 0.640. The van der Waals surface area contributed by atoms with Crippen LogP contribution in [-0.2, 0) is 0 Å². The third kappa shape index (κ3) is 6.57. The Hall–Kier alpha value is -2.60. The molecule has 1 atom stereocenters. The van der Waals surface area contributed by atoms with Gasteiger partial charge in [0, 0.05) is 5.69 Å². The molecule has 0 aliphatic heterocycles. The van der Waals surface area contributed by atoms with Crippen molar-refractivity contribution < 1.29 is 14.3 Å². The number of carbonyl (C=O) groups is 1. The molecule has 0 heterocycles. The van der Waals surface area contributed by atoms with Gasteiger partial charge in [-0.15, -0.1) is 0 Å². The SMILES string of the molecule is CCCOc1ccccc1C(=O)NC(=S)Nc1ccc(OC(C)CC)cc1. The minimum Gasteiger partial charge on any atom is -0.493 e. The van der Waals surface area contributed by atoms with Crippen molar-refractivity contribution in [3.8, 4) is 11.5 Å². The highest BCUT2D eigenvalue weighted by atomic mass is 32.1. The van der Waals surface area contributed by atoms with Crippen LogP contribution in [0, 0.1) is 0 Å². The van der Waals surface area contributed by atoms with E-state index in [1.807, 2.05) is 44.2 Å². The predicted molar refractivity (Wildman–Crippen MR) is 113 cm³/mol. The zero-order valence-electron chi connectivity index (χ0n) is 16.0. The summed E-state index contributed by atoms with van der Waals surface area (Å²) < 4.78 is 11.4. The van der Waals surface area contributed by atoms with Gasteiger partial charge in [0.05, 0.1) is 18.3 Å². The number of para-hydroxylation sites is 1. The third-order valence-corrected chi connectivity index (χ3v) is 4.05. The number of hydrogen-bond acceptors (Lipinski definition) is 4. The highest BCUT2D eigenvalue weighted by Crippen LogP contribution is 2.19. The maximum atomic E-state index is 12.5. The summed E-state index contributed by atoms with van der Waals surface area (Å²) in [5.74, 6) is 1.04. The Balaban J connectivity index is 1.94. The van der Waals surface area contributed by atoms with Gasteiger partial charge in [0.1, 0.15) is 11.5 Å². The van der Waals surface area contributed by atoms with E-state index >= 15 is 0 Å². The van der Waals surface area contributed by atoms with E-state index < -0.39 is 0 Å². The van der Waals surface area contributed by atoms with Gasteiger partial charge in [-0.1, -0.05) is 26.0 Å². The normalized spacial score (nSPS) is 11.4. The lowest BCUT2D eigenvalue weighted by Crippen LogP contribution is -2.34. The first-order chi connectivity index (χ1) is 13.0. The van der Waals surface area contributed by atoms with E-state index in [4.69, 9.17) is 21.7 Å². The number of anilines is 1. The van der Waals surface area contributed by atoms with Crippen molar-refractivity contribution in [3.63, 3.8) is 0 Å². The highest BCUT2D eigenvalue weighted by Gasteiger charge is 2.13. The standard InChI is InChI=1S/C21H26N2O3S/c1-4-14-25-19-9-7-6-8-18(19)20(24)23-21(27)22-16-10-12-17(13-11-16)26-15(3)5-2/h6-13,15H,4-5,14H2,1-3H3,(H2,22,23,24,27). The molecular weight excluding hydrogens is 360 g/mol. The molecule has 2 rings (SSSR count). The van der Waals surface area contributed by atoms with Crippen LogP contribution in [0.25, 0.3) is 0 Å². The summed E-state index contributed by atoms with van der Waals surface area (Å²) in [5.41, 5.74) is 1.22. The molecule has 0 saturated carbocycles. The van der Waals surface area contributed by atoms with Gasteiger partial charge in [-0.2, -0.15) is 0 Å². The van der Waals surface area contributed by atoms with Crippen LogP contribution in [0.4, 0.5) is 5.69 Å². The lowest BCUT2D eigenvalue weighted by molar-refractivity contribution is 0.0973. The van der Waals surface area contributed by atoms with Crippen molar-refractivity contribution in [3.05, 3.63) is 54.1 Å². The van der Waals surface area contributed by atoms with Gasteiger partial charge >= 0.3 is 0 Å². The fraction of sp³-hybridized carbons (Fsp3) is 0.333. The van der Waals surface area contributed by atoms with Crippen molar-refractivity contribution in [1.82, 2.24) is 5.32 Å². The predicted octanol–water partition coefficient (Wildman–Crippen LogP) is 4.78. The number of rotatable bonds is 8. The van der Waals surface area contributed by atoms with E-state index in [9.17, 15) is 4.79 Å². The molecular formula is C21H26N2O3S. The number of thiocarbonyl (C=S) groups is 1. The molecule has 2 aromatic rings. The van der Waals surface area contributed by atoms with Crippen molar-refractivity contribution in [2.45, 2.75) is 39.7 Å². The third-order valence-electron chi connectivity index (χ3n) is 3.84. The van der Waals surface area contributed by atoms with E-state index in [-0.39, 0.29) is 17.1 Å². The van der Waals surface area contributed by atoms with Gasteiger partial charge in [-0.25, -0.2) is 0 Å². The summed E-state index contributed by atoms with van der Waals surface area (Å²) >= 11 is 5.25. The Morgan fingerprint density at radius 1 is 1.11 bits per heavy atom. The monoisotopic (exact) mass is 386 g/mol. The summed E-state index contributed by atoms with van der Waals surface area (Å²) in [6.45, 7) is 6.67. The smallest absolute Gasteiger partial charge is 0.261 e. The average Bonchev–Trinajstić information content (AvgIpc) is 2.67. The molecule has 0 fully saturated rings. The molecule has 144 valence electrons. The first-order valence-corrected chi connectivity index (χ1v) is 9.55. The maximum Gasteiger partial charge on any atom is 0.261 e. The minimum absolute atomic E-state index is 0.166. The topological polar surface area (TPSA) is 59.6 Å². The molecule has 0 bridgehead atoms.